The molecule has 0 aliphatic carbocycles. The van der Waals surface area contributed by atoms with Gasteiger partial charge in [0, 0.05) is 0 Å². The average molecular weight is 419 g/mol. The van der Waals surface area contributed by atoms with Gasteiger partial charge in [-0.2, -0.15) is 0 Å². The topological polar surface area (TPSA) is 0 Å². The van der Waals surface area contributed by atoms with Gasteiger partial charge in [0.25, 0.3) is 0 Å². The lowest BCUT2D eigenvalue weighted by atomic mass is 9.87. The molecule has 0 aromatic heterocycles. The zero-order valence-corrected chi connectivity index (χ0v) is 20.1. The van der Waals surface area contributed by atoms with Crippen molar-refractivity contribution in [2.24, 2.45) is 0 Å². The molecule has 1 aromatic carbocycles. The third-order valence-corrected chi connectivity index (χ3v) is 3.40. The predicted molar refractivity (Wildman–Crippen MR) is 151 cm³/mol. The summed E-state index contributed by atoms with van der Waals surface area (Å²) < 4.78 is 0. The summed E-state index contributed by atoms with van der Waals surface area (Å²) in [4.78, 5) is 0. The Balaban J connectivity index is -0.000000146. The van der Waals surface area contributed by atoms with E-state index in [2.05, 4.69) is 94.5 Å². The Hall–Kier alpha value is -1.82. The van der Waals surface area contributed by atoms with Crippen LogP contribution in [0.4, 0.5) is 0 Å². The maximum Gasteiger partial charge on any atom is -0.0132 e. The van der Waals surface area contributed by atoms with E-state index in [1.165, 1.54) is 16.7 Å². The lowest BCUT2D eigenvalue weighted by Crippen LogP contribution is -2.10. The Bertz CT molecular complexity index is 528. The summed E-state index contributed by atoms with van der Waals surface area (Å²) in [6.45, 7) is 22.9. The first-order valence-electron chi connectivity index (χ1n) is 10.7. The van der Waals surface area contributed by atoms with E-state index in [1.807, 2.05) is 48.5 Å². The number of hydrogen-bond donors (Lipinski definition) is 0. The second-order valence-electron chi connectivity index (χ2n) is 6.21. The minimum Gasteiger partial charge on any atom is -0.0877 e. The molecule has 30 heavy (non-hydrogen) atoms. The molecular formula is C30H58. The SMILES string of the molecule is C.C.C.CC.CC.CC.C\C=C/C=C(/C=C/C=C/c1ccc(C(C)(C)C)cc1)CC. The summed E-state index contributed by atoms with van der Waals surface area (Å²) in [5, 5.41) is 0. The van der Waals surface area contributed by atoms with Gasteiger partial charge in [0.15, 0.2) is 0 Å². The van der Waals surface area contributed by atoms with Gasteiger partial charge in [0.05, 0.1) is 0 Å². The predicted octanol–water partition coefficient (Wildman–Crippen LogP) is 11.5. The van der Waals surface area contributed by atoms with Crippen molar-refractivity contribution >= 4 is 6.08 Å². The van der Waals surface area contributed by atoms with Gasteiger partial charge < -0.3 is 0 Å². The van der Waals surface area contributed by atoms with Crippen LogP contribution >= 0.6 is 0 Å². The molecular weight excluding hydrogens is 360 g/mol. The van der Waals surface area contributed by atoms with E-state index in [0.717, 1.165) is 6.42 Å². The third-order valence-electron chi connectivity index (χ3n) is 3.40. The highest BCUT2D eigenvalue weighted by atomic mass is 14.2. The largest absolute Gasteiger partial charge is 0.0877 e. The van der Waals surface area contributed by atoms with Crippen LogP contribution in [-0.4, -0.2) is 0 Å². The highest BCUT2D eigenvalue weighted by molar-refractivity contribution is 5.52. The molecule has 0 bridgehead atoms. The van der Waals surface area contributed by atoms with Gasteiger partial charge in [-0.3, -0.25) is 0 Å². The van der Waals surface area contributed by atoms with Crippen molar-refractivity contribution in [3.8, 4) is 0 Å². The monoisotopic (exact) mass is 418 g/mol. The van der Waals surface area contributed by atoms with Gasteiger partial charge in [-0.1, -0.05) is 158 Å². The van der Waals surface area contributed by atoms with Gasteiger partial charge in [0.1, 0.15) is 0 Å². The van der Waals surface area contributed by atoms with Crippen LogP contribution < -0.4 is 0 Å². The Kier molecular flexibility index (Phi) is 41.4. The molecule has 0 fully saturated rings. The molecule has 0 atom stereocenters. The second-order valence-corrected chi connectivity index (χ2v) is 6.21. The maximum atomic E-state index is 2.24. The maximum absolute atomic E-state index is 2.24. The summed E-state index contributed by atoms with van der Waals surface area (Å²) >= 11 is 0. The van der Waals surface area contributed by atoms with Gasteiger partial charge >= 0.3 is 0 Å². The first-order valence-corrected chi connectivity index (χ1v) is 10.7. The van der Waals surface area contributed by atoms with Crippen LogP contribution in [-0.2, 0) is 5.41 Å². The Morgan fingerprint density at radius 3 is 1.60 bits per heavy atom. The van der Waals surface area contributed by atoms with Crippen molar-refractivity contribution < 1.29 is 0 Å². The summed E-state index contributed by atoms with van der Waals surface area (Å²) in [7, 11) is 0. The van der Waals surface area contributed by atoms with Crippen LogP contribution in [0.5, 0.6) is 0 Å². The zero-order chi connectivity index (χ0) is 21.7. The van der Waals surface area contributed by atoms with E-state index in [-0.39, 0.29) is 27.7 Å². The van der Waals surface area contributed by atoms with Gasteiger partial charge in [-0.15, -0.1) is 0 Å². The molecule has 0 aliphatic rings. The Labute approximate surface area is 193 Å². The van der Waals surface area contributed by atoms with Gasteiger partial charge in [0.2, 0.25) is 0 Å². The van der Waals surface area contributed by atoms with Crippen molar-refractivity contribution in [1.29, 1.82) is 0 Å². The lowest BCUT2D eigenvalue weighted by Gasteiger charge is -2.18. The molecule has 1 aromatic rings. The molecule has 0 unspecified atom stereocenters. The van der Waals surface area contributed by atoms with Gasteiger partial charge in [-0.25, -0.2) is 0 Å². The number of allylic oxidation sites excluding steroid dienone is 7. The van der Waals surface area contributed by atoms with E-state index in [9.17, 15) is 0 Å². The first kappa shape index (κ1) is 42.3. The summed E-state index contributed by atoms with van der Waals surface area (Å²) in [6, 6.07) is 8.79. The Morgan fingerprint density at radius 1 is 0.767 bits per heavy atom. The van der Waals surface area contributed by atoms with Crippen molar-refractivity contribution in [3.63, 3.8) is 0 Å². The molecule has 1 rings (SSSR count). The number of hydrogen-bond acceptors (Lipinski definition) is 0. The molecule has 0 aliphatic heterocycles. The first-order chi connectivity index (χ1) is 13.0. The summed E-state index contributed by atoms with van der Waals surface area (Å²) in [5.41, 5.74) is 4.16. The van der Waals surface area contributed by atoms with Crippen LogP contribution in [0.25, 0.3) is 6.08 Å². The lowest BCUT2D eigenvalue weighted by molar-refractivity contribution is 0.590. The molecule has 0 spiro atoms. The molecule has 0 N–H and O–H groups in total. The van der Waals surface area contributed by atoms with Crippen molar-refractivity contribution in [3.05, 3.63) is 77.4 Å². The molecule has 178 valence electrons. The fourth-order valence-corrected chi connectivity index (χ4v) is 1.95. The van der Waals surface area contributed by atoms with Crippen LogP contribution in [0.3, 0.4) is 0 Å². The molecule has 0 saturated heterocycles. The fraction of sp³-hybridized carbons (Fsp3) is 0.533. The van der Waals surface area contributed by atoms with E-state index < -0.39 is 0 Å². The number of rotatable bonds is 5. The number of benzene rings is 1. The summed E-state index contributed by atoms with van der Waals surface area (Å²) in [6.07, 6.45) is 15.9. The van der Waals surface area contributed by atoms with E-state index in [0.29, 0.717) is 0 Å². The van der Waals surface area contributed by atoms with Crippen molar-refractivity contribution in [2.75, 3.05) is 0 Å². The molecule has 0 radical (unpaired) electrons. The molecule has 0 amide bonds. The van der Waals surface area contributed by atoms with E-state index >= 15 is 0 Å². The minimum atomic E-state index is 0. The van der Waals surface area contributed by atoms with Crippen LogP contribution in [0, 0.1) is 0 Å². The normalized spacial score (nSPS) is 10.3. The Morgan fingerprint density at radius 2 is 1.23 bits per heavy atom. The molecule has 0 saturated carbocycles. The molecule has 0 heteroatoms. The second kappa shape index (κ2) is 29.4. The van der Waals surface area contributed by atoms with Crippen molar-refractivity contribution in [1.82, 2.24) is 0 Å². The quantitative estimate of drug-likeness (QED) is 0.417. The highest BCUT2D eigenvalue weighted by Crippen LogP contribution is 2.22. The van der Waals surface area contributed by atoms with E-state index in [4.69, 9.17) is 0 Å². The minimum absolute atomic E-state index is 0. The fourth-order valence-electron chi connectivity index (χ4n) is 1.95. The third kappa shape index (κ3) is 22.5. The smallest absolute Gasteiger partial charge is 0.0132 e. The van der Waals surface area contributed by atoms with Crippen LogP contribution in [0.1, 0.15) is 116 Å². The van der Waals surface area contributed by atoms with E-state index in [1.54, 1.807) is 0 Å². The van der Waals surface area contributed by atoms with Gasteiger partial charge in [-0.05, 0) is 35.5 Å². The van der Waals surface area contributed by atoms with Crippen LogP contribution in [0.15, 0.2) is 66.3 Å². The summed E-state index contributed by atoms with van der Waals surface area (Å²) in [5.74, 6) is 0. The molecule has 0 heterocycles. The van der Waals surface area contributed by atoms with Crippen LogP contribution in [0.2, 0.25) is 0 Å². The van der Waals surface area contributed by atoms with Crippen molar-refractivity contribution in [2.45, 2.75) is 110 Å². The molecule has 0 nitrogen and oxygen atoms in total. The zero-order valence-electron chi connectivity index (χ0n) is 20.1. The standard InChI is InChI=1S/C21H28.3C2H6.3CH4/c1-6-8-11-18(7-2)12-9-10-13-19-14-16-20(17-15-19)21(3,4)5;3*1-2;;;/h6,8-17H,7H2,1-5H3;3*1-2H3;3*1H4/b8-6-,12-9+,13-10+,18-11+;;;;;;. The average Bonchev–Trinajstić information content (AvgIpc) is 2.71. The highest BCUT2D eigenvalue weighted by Gasteiger charge is 2.12.